The number of ether oxygens (including phenoxy) is 2. The number of rotatable bonds is 6. The van der Waals surface area contributed by atoms with Crippen LogP contribution in [0.3, 0.4) is 0 Å². The molecule has 4 rings (SSSR count). The van der Waals surface area contributed by atoms with E-state index in [0.29, 0.717) is 28.6 Å². The van der Waals surface area contributed by atoms with E-state index in [-0.39, 0.29) is 23.4 Å². The van der Waals surface area contributed by atoms with Gasteiger partial charge in [0.2, 0.25) is 5.82 Å². The quantitative estimate of drug-likeness (QED) is 0.684. The molecular formula is C20H19N5O4. The molecule has 2 aromatic heterocycles. The molecule has 29 heavy (non-hydrogen) atoms. The van der Waals surface area contributed by atoms with E-state index < -0.39 is 0 Å². The first-order chi connectivity index (χ1) is 14.0. The van der Waals surface area contributed by atoms with Crippen molar-refractivity contribution in [1.29, 1.82) is 0 Å². The van der Waals surface area contributed by atoms with E-state index in [4.69, 9.17) is 9.47 Å². The maximum atomic E-state index is 11.9. The van der Waals surface area contributed by atoms with Crippen LogP contribution in [0, 0.1) is 0 Å². The van der Waals surface area contributed by atoms with Gasteiger partial charge >= 0.3 is 0 Å². The largest absolute Gasteiger partial charge is 0.490 e. The van der Waals surface area contributed by atoms with Gasteiger partial charge in [0.15, 0.2) is 5.75 Å². The maximum Gasteiger partial charge on any atom is 0.291 e. The van der Waals surface area contributed by atoms with Crippen LogP contribution >= 0.6 is 0 Å². The average Bonchev–Trinajstić information content (AvgIpc) is 3.52. The van der Waals surface area contributed by atoms with Crippen LogP contribution < -0.4 is 15.0 Å². The van der Waals surface area contributed by atoms with E-state index >= 15 is 0 Å². The predicted molar refractivity (Wildman–Crippen MR) is 104 cm³/mol. The van der Waals surface area contributed by atoms with Crippen LogP contribution in [-0.2, 0) is 0 Å². The number of hydrogen-bond donors (Lipinski definition) is 1. The molecule has 0 radical (unpaired) electrons. The number of carbonyl (C=O) groups is 1. The number of carbonyl (C=O) groups excluding carboxylic acids is 1. The third kappa shape index (κ3) is 4.57. The van der Waals surface area contributed by atoms with Crippen molar-refractivity contribution < 1.29 is 14.3 Å². The number of nitrogens with zero attached hydrogens (tertiary/aromatic N) is 4. The van der Waals surface area contributed by atoms with Crippen LogP contribution in [0.5, 0.6) is 17.2 Å². The Labute approximate surface area is 166 Å². The van der Waals surface area contributed by atoms with E-state index in [2.05, 4.69) is 19.9 Å². The topological polar surface area (TPSA) is 110 Å². The van der Waals surface area contributed by atoms with Gasteiger partial charge in [0.1, 0.15) is 17.3 Å². The van der Waals surface area contributed by atoms with Crippen molar-refractivity contribution in [3.05, 3.63) is 59.0 Å². The second-order valence-electron chi connectivity index (χ2n) is 6.84. The van der Waals surface area contributed by atoms with Gasteiger partial charge in [-0.25, -0.2) is 15.0 Å². The average molecular weight is 393 g/mol. The van der Waals surface area contributed by atoms with Gasteiger partial charge in [0, 0.05) is 38.0 Å². The highest BCUT2D eigenvalue weighted by molar-refractivity contribution is 5.89. The van der Waals surface area contributed by atoms with Gasteiger partial charge in [-0.1, -0.05) is 0 Å². The molecule has 1 fully saturated rings. The van der Waals surface area contributed by atoms with Crippen LogP contribution in [0.4, 0.5) is 0 Å². The van der Waals surface area contributed by atoms with Gasteiger partial charge in [0.05, 0.1) is 18.5 Å². The number of nitrogens with one attached hydrogen (secondary N) is 1. The Balaban J connectivity index is 1.63. The maximum absolute atomic E-state index is 11.9. The summed E-state index contributed by atoms with van der Waals surface area (Å²) >= 11 is 0. The lowest BCUT2D eigenvalue weighted by molar-refractivity contribution is 0.0815. The number of aromatic amines is 1. The second kappa shape index (κ2) is 7.70. The van der Waals surface area contributed by atoms with Crippen LogP contribution in [-0.4, -0.2) is 50.9 Å². The molecule has 1 N–H and O–H groups in total. The Hall–Kier alpha value is -3.75. The first-order valence-electron chi connectivity index (χ1n) is 9.07. The van der Waals surface area contributed by atoms with Crippen molar-refractivity contribution in [3.8, 4) is 28.6 Å². The van der Waals surface area contributed by atoms with Crippen LogP contribution in [0.25, 0.3) is 11.4 Å². The summed E-state index contributed by atoms with van der Waals surface area (Å²) in [5, 5.41) is 0. The zero-order valence-corrected chi connectivity index (χ0v) is 16.0. The van der Waals surface area contributed by atoms with E-state index in [1.165, 1.54) is 29.6 Å². The predicted octanol–water partition coefficient (Wildman–Crippen LogP) is 2.26. The Bertz CT molecular complexity index is 1090. The summed E-state index contributed by atoms with van der Waals surface area (Å²) in [6, 6.07) is 6.64. The van der Waals surface area contributed by atoms with Crippen LogP contribution in [0.2, 0.25) is 0 Å². The van der Waals surface area contributed by atoms with Crippen molar-refractivity contribution in [1.82, 2.24) is 24.8 Å². The van der Waals surface area contributed by atoms with Gasteiger partial charge in [-0.3, -0.25) is 9.59 Å². The first-order valence-corrected chi connectivity index (χ1v) is 9.07. The third-order valence-electron chi connectivity index (χ3n) is 4.11. The molecule has 3 aromatic rings. The molecule has 9 heteroatoms. The van der Waals surface area contributed by atoms with E-state index in [1.54, 1.807) is 32.3 Å². The molecule has 0 saturated heterocycles. The second-order valence-corrected chi connectivity index (χ2v) is 6.84. The zero-order chi connectivity index (χ0) is 20.4. The van der Waals surface area contributed by atoms with E-state index in [0.717, 1.165) is 12.8 Å². The minimum atomic E-state index is -0.294. The van der Waals surface area contributed by atoms with Gasteiger partial charge in [-0.2, -0.15) is 0 Å². The highest BCUT2D eigenvalue weighted by Crippen LogP contribution is 2.34. The van der Waals surface area contributed by atoms with Crippen molar-refractivity contribution in [3.63, 3.8) is 0 Å². The molecule has 1 aromatic carbocycles. The SMILES string of the molecule is CN(C)C(=O)c1ncc(Oc2cc(OC3CC3)cc(-c3nccc(=O)[nH]3)c2)cn1. The molecule has 1 aliphatic carbocycles. The number of H-pyrrole nitrogens is 1. The van der Waals surface area contributed by atoms with E-state index in [1.807, 2.05) is 0 Å². The lowest BCUT2D eigenvalue weighted by Gasteiger charge is -2.12. The third-order valence-corrected chi connectivity index (χ3v) is 4.11. The first kappa shape index (κ1) is 18.6. The molecule has 2 heterocycles. The van der Waals surface area contributed by atoms with Gasteiger partial charge in [-0.05, 0) is 25.0 Å². The molecule has 1 amide bonds. The van der Waals surface area contributed by atoms with Crippen molar-refractivity contribution in [2.45, 2.75) is 18.9 Å². The molecule has 0 unspecified atom stereocenters. The molecule has 1 aliphatic rings. The zero-order valence-electron chi connectivity index (χ0n) is 16.0. The summed E-state index contributed by atoms with van der Waals surface area (Å²) < 4.78 is 11.8. The number of hydrogen-bond acceptors (Lipinski definition) is 7. The minimum Gasteiger partial charge on any atom is -0.490 e. The number of amides is 1. The number of aromatic nitrogens is 4. The van der Waals surface area contributed by atoms with Gasteiger partial charge in [0.25, 0.3) is 11.5 Å². The van der Waals surface area contributed by atoms with Crippen molar-refractivity contribution >= 4 is 5.91 Å². The lowest BCUT2D eigenvalue weighted by Crippen LogP contribution is -2.23. The Morgan fingerprint density at radius 2 is 1.79 bits per heavy atom. The fourth-order valence-electron chi connectivity index (χ4n) is 2.55. The standard InChI is InChI=1S/C20H19N5O4/c1-25(2)20(27)19-22-10-16(11-23-19)29-15-8-12(18-21-6-5-17(26)24-18)7-14(9-15)28-13-3-4-13/h5-11,13H,3-4H2,1-2H3,(H,21,24,26). The molecule has 0 spiro atoms. The normalized spacial score (nSPS) is 13.0. The monoisotopic (exact) mass is 393 g/mol. The number of benzene rings is 1. The highest BCUT2D eigenvalue weighted by Gasteiger charge is 2.24. The molecular weight excluding hydrogens is 374 g/mol. The highest BCUT2D eigenvalue weighted by atomic mass is 16.5. The lowest BCUT2D eigenvalue weighted by atomic mass is 10.2. The van der Waals surface area contributed by atoms with Crippen molar-refractivity contribution in [2.24, 2.45) is 0 Å². The molecule has 1 saturated carbocycles. The summed E-state index contributed by atoms with van der Waals surface area (Å²) in [6.07, 6.45) is 6.52. The Kier molecular flexibility index (Phi) is 4.94. The molecule has 9 nitrogen and oxygen atoms in total. The molecule has 148 valence electrons. The summed E-state index contributed by atoms with van der Waals surface area (Å²) in [5.74, 6) is 1.65. The fraction of sp³-hybridized carbons (Fsp3) is 0.250. The minimum absolute atomic E-state index is 0.0833. The molecule has 0 aliphatic heterocycles. The summed E-state index contributed by atoms with van der Waals surface area (Å²) in [5.41, 5.74) is 0.400. The Morgan fingerprint density at radius 3 is 2.45 bits per heavy atom. The smallest absolute Gasteiger partial charge is 0.291 e. The summed E-state index contributed by atoms with van der Waals surface area (Å²) in [6.45, 7) is 0. The van der Waals surface area contributed by atoms with Gasteiger partial charge in [-0.15, -0.1) is 0 Å². The Morgan fingerprint density at radius 1 is 1.07 bits per heavy atom. The molecule has 0 bridgehead atoms. The van der Waals surface area contributed by atoms with Crippen molar-refractivity contribution in [2.75, 3.05) is 14.1 Å². The van der Waals surface area contributed by atoms with Crippen LogP contribution in [0.1, 0.15) is 23.5 Å². The van der Waals surface area contributed by atoms with Gasteiger partial charge < -0.3 is 19.4 Å². The fourth-order valence-corrected chi connectivity index (χ4v) is 2.55. The van der Waals surface area contributed by atoms with Crippen LogP contribution in [0.15, 0.2) is 47.7 Å². The molecule has 0 atom stereocenters. The van der Waals surface area contributed by atoms with E-state index in [9.17, 15) is 9.59 Å². The summed E-state index contributed by atoms with van der Waals surface area (Å²) in [7, 11) is 3.26. The summed E-state index contributed by atoms with van der Waals surface area (Å²) in [4.78, 5) is 39.9.